The Morgan fingerprint density at radius 3 is 2.52 bits per heavy atom. The summed E-state index contributed by atoms with van der Waals surface area (Å²) in [6.07, 6.45) is -1.02. The van der Waals surface area contributed by atoms with E-state index in [0.717, 1.165) is 5.56 Å². The van der Waals surface area contributed by atoms with Gasteiger partial charge in [-0.25, -0.2) is 9.59 Å². The molecule has 1 aromatic carbocycles. The van der Waals surface area contributed by atoms with Gasteiger partial charge in [0.25, 0.3) is 0 Å². The molecule has 0 aromatic heterocycles. The molecule has 1 aliphatic heterocycles. The van der Waals surface area contributed by atoms with Crippen LogP contribution in [-0.4, -0.2) is 53.5 Å². The Morgan fingerprint density at radius 1 is 1.24 bits per heavy atom. The smallest absolute Gasteiger partial charge is 0.410 e. The molecule has 2 atom stereocenters. The lowest BCUT2D eigenvalue weighted by atomic mass is 10.1. The van der Waals surface area contributed by atoms with Crippen molar-refractivity contribution < 1.29 is 24.2 Å². The van der Waals surface area contributed by atoms with E-state index in [2.05, 4.69) is 5.32 Å². The summed E-state index contributed by atoms with van der Waals surface area (Å²) in [5, 5.41) is 12.2. The van der Waals surface area contributed by atoms with Gasteiger partial charge in [0.2, 0.25) is 0 Å². The maximum atomic E-state index is 12.2. The van der Waals surface area contributed by atoms with Crippen LogP contribution in [0.1, 0.15) is 26.3 Å². The van der Waals surface area contributed by atoms with Crippen LogP contribution in [0, 0.1) is 5.92 Å². The minimum Gasteiger partial charge on any atom is -0.445 e. The van der Waals surface area contributed by atoms with Crippen molar-refractivity contribution in [3.05, 3.63) is 35.9 Å². The van der Waals surface area contributed by atoms with E-state index in [9.17, 15) is 14.7 Å². The third-order valence-electron chi connectivity index (χ3n) is 3.84. The number of hydrogen-bond acceptors (Lipinski definition) is 5. The molecular formula is C18H26N2O5. The molecule has 1 heterocycles. The van der Waals surface area contributed by atoms with Gasteiger partial charge in [0, 0.05) is 25.6 Å². The minimum absolute atomic E-state index is 0.136. The summed E-state index contributed by atoms with van der Waals surface area (Å²) in [7, 11) is 0. The molecule has 7 heteroatoms. The predicted octanol–water partition coefficient (Wildman–Crippen LogP) is 2.14. The van der Waals surface area contributed by atoms with Crippen LogP contribution in [-0.2, 0) is 16.1 Å². The Labute approximate surface area is 147 Å². The van der Waals surface area contributed by atoms with Gasteiger partial charge in [-0.2, -0.15) is 0 Å². The Kier molecular flexibility index (Phi) is 6.25. The number of nitrogens with one attached hydrogen (secondary N) is 1. The molecule has 1 aromatic rings. The number of likely N-dealkylation sites (tertiary alicyclic amines) is 1. The summed E-state index contributed by atoms with van der Waals surface area (Å²) in [4.78, 5) is 25.6. The number of amides is 2. The van der Waals surface area contributed by atoms with E-state index in [-0.39, 0.29) is 31.7 Å². The van der Waals surface area contributed by atoms with Gasteiger partial charge in [0.15, 0.2) is 0 Å². The minimum atomic E-state index is -0.605. The first kappa shape index (κ1) is 19.1. The number of aliphatic hydroxyl groups is 1. The number of hydrogen-bond donors (Lipinski definition) is 2. The van der Waals surface area contributed by atoms with Crippen molar-refractivity contribution in [2.24, 2.45) is 5.92 Å². The van der Waals surface area contributed by atoms with Crippen molar-refractivity contribution in [3.8, 4) is 0 Å². The largest absolute Gasteiger partial charge is 0.445 e. The van der Waals surface area contributed by atoms with E-state index in [1.54, 1.807) is 20.8 Å². The van der Waals surface area contributed by atoms with Crippen LogP contribution in [0.2, 0.25) is 0 Å². The number of rotatable bonds is 4. The number of ether oxygens (including phenoxy) is 2. The molecule has 1 aliphatic rings. The third-order valence-corrected chi connectivity index (χ3v) is 3.84. The monoisotopic (exact) mass is 350 g/mol. The molecule has 0 spiro atoms. The van der Waals surface area contributed by atoms with Crippen LogP contribution in [0.4, 0.5) is 9.59 Å². The molecule has 2 amide bonds. The fourth-order valence-corrected chi connectivity index (χ4v) is 2.64. The first-order valence-corrected chi connectivity index (χ1v) is 8.34. The standard InChI is InChI=1S/C18H26N2O5/c1-18(2,3)25-16(22)19-15-10-20(9-14(15)11-21)17(23)24-12-13-7-5-4-6-8-13/h4-8,14-15,21H,9-12H2,1-3H3,(H,19,22)/t14-,15+/m1/s1. The van der Waals surface area contributed by atoms with Gasteiger partial charge >= 0.3 is 12.2 Å². The fourth-order valence-electron chi connectivity index (χ4n) is 2.64. The number of carbonyl (C=O) groups is 2. The summed E-state index contributed by atoms with van der Waals surface area (Å²) >= 11 is 0. The summed E-state index contributed by atoms with van der Waals surface area (Å²) in [6, 6.07) is 9.03. The topological polar surface area (TPSA) is 88.1 Å². The molecule has 0 unspecified atom stereocenters. The van der Waals surface area contributed by atoms with Crippen LogP contribution >= 0.6 is 0 Å². The second-order valence-electron chi connectivity index (χ2n) is 7.14. The SMILES string of the molecule is CC(C)(C)OC(=O)N[C@H]1CN(C(=O)OCc2ccccc2)C[C@@H]1CO. The maximum Gasteiger partial charge on any atom is 0.410 e. The highest BCUT2D eigenvalue weighted by Crippen LogP contribution is 2.19. The average molecular weight is 350 g/mol. The molecule has 0 saturated carbocycles. The number of nitrogens with zero attached hydrogens (tertiary/aromatic N) is 1. The van der Waals surface area contributed by atoms with E-state index in [1.807, 2.05) is 30.3 Å². The average Bonchev–Trinajstić information content (AvgIpc) is 2.94. The van der Waals surface area contributed by atoms with Crippen molar-refractivity contribution in [2.45, 2.75) is 39.0 Å². The number of carbonyl (C=O) groups excluding carboxylic acids is 2. The van der Waals surface area contributed by atoms with Crippen LogP contribution < -0.4 is 5.32 Å². The Balaban J connectivity index is 1.87. The van der Waals surface area contributed by atoms with Crippen LogP contribution in [0.5, 0.6) is 0 Å². The highest BCUT2D eigenvalue weighted by atomic mass is 16.6. The Morgan fingerprint density at radius 2 is 1.92 bits per heavy atom. The molecule has 0 aliphatic carbocycles. The molecule has 1 fully saturated rings. The Hall–Kier alpha value is -2.28. The van der Waals surface area contributed by atoms with Crippen molar-refractivity contribution >= 4 is 12.2 Å². The van der Waals surface area contributed by atoms with Crippen molar-refractivity contribution in [2.75, 3.05) is 19.7 Å². The Bertz CT molecular complexity index is 585. The lowest BCUT2D eigenvalue weighted by Crippen LogP contribution is -2.44. The van der Waals surface area contributed by atoms with E-state index in [0.29, 0.717) is 6.54 Å². The summed E-state index contributed by atoms with van der Waals surface area (Å²) in [6.45, 7) is 5.98. The second-order valence-corrected chi connectivity index (χ2v) is 7.14. The van der Waals surface area contributed by atoms with Crippen LogP contribution in [0.15, 0.2) is 30.3 Å². The number of aliphatic hydroxyl groups excluding tert-OH is 1. The van der Waals surface area contributed by atoms with E-state index >= 15 is 0 Å². The summed E-state index contributed by atoms with van der Waals surface area (Å²) in [5.41, 5.74) is 0.295. The molecule has 25 heavy (non-hydrogen) atoms. The van der Waals surface area contributed by atoms with E-state index in [4.69, 9.17) is 9.47 Å². The quantitative estimate of drug-likeness (QED) is 0.869. The van der Waals surface area contributed by atoms with E-state index < -0.39 is 17.8 Å². The van der Waals surface area contributed by atoms with Crippen LogP contribution in [0.3, 0.4) is 0 Å². The third kappa shape index (κ3) is 5.94. The molecule has 1 saturated heterocycles. The fraction of sp³-hybridized carbons (Fsp3) is 0.556. The predicted molar refractivity (Wildman–Crippen MR) is 91.9 cm³/mol. The molecular weight excluding hydrogens is 324 g/mol. The summed E-state index contributed by atoms with van der Waals surface area (Å²) in [5.74, 6) is -0.253. The van der Waals surface area contributed by atoms with Crippen molar-refractivity contribution in [3.63, 3.8) is 0 Å². The van der Waals surface area contributed by atoms with Crippen molar-refractivity contribution in [1.82, 2.24) is 10.2 Å². The zero-order valence-electron chi connectivity index (χ0n) is 14.9. The van der Waals surface area contributed by atoms with Crippen molar-refractivity contribution in [1.29, 1.82) is 0 Å². The van der Waals surface area contributed by atoms with Gasteiger partial charge in [0.05, 0.1) is 6.04 Å². The lowest BCUT2D eigenvalue weighted by Gasteiger charge is -2.23. The van der Waals surface area contributed by atoms with Gasteiger partial charge in [-0.05, 0) is 26.3 Å². The highest BCUT2D eigenvalue weighted by Gasteiger charge is 2.37. The first-order valence-electron chi connectivity index (χ1n) is 8.34. The molecule has 138 valence electrons. The second kappa shape index (κ2) is 8.20. The van der Waals surface area contributed by atoms with E-state index in [1.165, 1.54) is 4.90 Å². The highest BCUT2D eigenvalue weighted by molar-refractivity contribution is 5.70. The van der Waals surface area contributed by atoms with Gasteiger partial charge < -0.3 is 24.8 Å². The normalized spacial score (nSPS) is 20.2. The maximum absolute atomic E-state index is 12.2. The van der Waals surface area contributed by atoms with Gasteiger partial charge in [-0.3, -0.25) is 0 Å². The molecule has 2 N–H and O–H groups in total. The lowest BCUT2D eigenvalue weighted by molar-refractivity contribution is 0.0486. The molecule has 2 rings (SSSR count). The van der Waals surface area contributed by atoms with Gasteiger partial charge in [-0.15, -0.1) is 0 Å². The number of alkyl carbamates (subject to hydrolysis) is 1. The molecule has 7 nitrogen and oxygen atoms in total. The molecule has 0 radical (unpaired) electrons. The number of benzene rings is 1. The zero-order valence-corrected chi connectivity index (χ0v) is 14.9. The molecule has 0 bridgehead atoms. The van der Waals surface area contributed by atoms with Crippen LogP contribution in [0.25, 0.3) is 0 Å². The first-order chi connectivity index (χ1) is 11.8. The summed E-state index contributed by atoms with van der Waals surface area (Å²) < 4.78 is 10.5. The van der Waals surface area contributed by atoms with Gasteiger partial charge in [0.1, 0.15) is 12.2 Å². The van der Waals surface area contributed by atoms with Gasteiger partial charge in [-0.1, -0.05) is 30.3 Å². The zero-order chi connectivity index (χ0) is 18.4.